The standard InChI is InChI=1S/C120H114N10O4/c1-9-15-21-27-79-93-53-57-97(121-93)81(29-23-17-11-3)101-61-65-105(125-101)109(106-66-62-102(126-106)82(30-24-18-12-4)98-58-54-94(79)122-98)75-41-37-73(38-42-75)89-69-91-113-87(117(131)129(119(91)133)77-45-33-71(7)34-46-77)52-50-86-112-90(70-92-114-88(51-49-85(116(112)114)111(89)115(86)113)118(132)130(120(92)134)78-47-35-72(8)36-48-78)74-39-43-76(44-40-74)110-107-67-63-103(127-107)83(31-25-19-13-5)99-59-55-95(123-99)80(28-22-16-10-2)96-56-60-100(124-96)84(32-26-20-14-6)104-64-68-108(110)128-104/h33-70,121,123,126,128H,9-32H2,1-8H3. The molecule has 12 heterocycles. The number of unbranched alkanes of at least 4 members (excludes halogenated alkanes) is 12. The zero-order chi connectivity index (χ0) is 91.5. The molecule has 0 spiro atoms. The van der Waals surface area contributed by atoms with Gasteiger partial charge in [0.05, 0.1) is 56.9 Å². The van der Waals surface area contributed by atoms with Crippen LogP contribution in [0.25, 0.3) is 180 Å². The maximum atomic E-state index is 16.3. The second-order valence-electron chi connectivity index (χ2n) is 37.6. The number of aryl methyl sites for hydroxylation is 8. The number of hydrogen-bond acceptors (Lipinski definition) is 8. The van der Waals surface area contributed by atoms with Crippen LogP contribution in [-0.4, -0.2) is 63.5 Å². The van der Waals surface area contributed by atoms with E-state index in [1.54, 1.807) is 0 Å². The van der Waals surface area contributed by atoms with E-state index in [4.69, 9.17) is 19.9 Å². The number of hydrogen-bond donors (Lipinski definition) is 4. The Morgan fingerprint density at radius 2 is 0.478 bits per heavy atom. The van der Waals surface area contributed by atoms with Crippen LogP contribution < -0.4 is 9.80 Å². The number of imide groups is 2. The first-order chi connectivity index (χ1) is 65.7. The summed E-state index contributed by atoms with van der Waals surface area (Å²) in [5.74, 6) is -1.76. The molecule has 4 amide bonds. The zero-order valence-corrected chi connectivity index (χ0v) is 78.2. The van der Waals surface area contributed by atoms with Crippen LogP contribution in [0.5, 0.6) is 0 Å². The normalized spacial score (nSPS) is 13.4. The fourth-order valence-corrected chi connectivity index (χ4v) is 21.7. The predicted octanol–water partition coefficient (Wildman–Crippen LogP) is 31.0. The smallest absolute Gasteiger partial charge is 0.266 e. The fraction of sp³-hybridized carbons (Fsp3) is 0.267. The van der Waals surface area contributed by atoms with Gasteiger partial charge in [-0.1, -0.05) is 215 Å². The van der Waals surface area contributed by atoms with Crippen LogP contribution >= 0.6 is 0 Å². The molecule has 6 aliphatic rings. The first-order valence-corrected chi connectivity index (χ1v) is 49.4. The maximum absolute atomic E-state index is 16.3. The molecule has 0 radical (unpaired) electrons. The minimum Gasteiger partial charge on any atom is -0.355 e. The number of H-pyrrole nitrogens is 4. The van der Waals surface area contributed by atoms with Gasteiger partial charge < -0.3 is 19.9 Å². The molecule has 0 saturated heterocycles. The van der Waals surface area contributed by atoms with E-state index in [2.05, 4.69) is 207 Å². The van der Waals surface area contributed by atoms with Gasteiger partial charge in [0.25, 0.3) is 23.6 Å². The highest BCUT2D eigenvalue weighted by molar-refractivity contribution is 6.48. The molecular weight excluding hydrogens is 1650 g/mol. The van der Waals surface area contributed by atoms with Gasteiger partial charge in [-0.25, -0.2) is 29.7 Å². The maximum Gasteiger partial charge on any atom is 0.266 e. The molecule has 9 aromatic carbocycles. The molecule has 0 saturated carbocycles. The van der Waals surface area contributed by atoms with Crippen LogP contribution in [0.3, 0.4) is 0 Å². The van der Waals surface area contributed by atoms with E-state index in [1.807, 2.05) is 98.8 Å². The third-order valence-electron chi connectivity index (χ3n) is 28.7. The molecule has 668 valence electrons. The molecule has 16 bridgehead atoms. The molecule has 21 rings (SSSR count). The largest absolute Gasteiger partial charge is 0.355 e. The van der Waals surface area contributed by atoms with Gasteiger partial charge in [0, 0.05) is 122 Å². The lowest BCUT2D eigenvalue weighted by molar-refractivity contribution is 0.0877. The third-order valence-corrected chi connectivity index (χ3v) is 28.7. The molecule has 6 aliphatic heterocycles. The predicted molar refractivity (Wildman–Crippen MR) is 558 cm³/mol. The zero-order valence-electron chi connectivity index (χ0n) is 78.2. The van der Waals surface area contributed by atoms with E-state index in [1.165, 1.54) is 43.2 Å². The van der Waals surface area contributed by atoms with Crippen molar-refractivity contribution in [1.29, 1.82) is 0 Å². The molecular formula is C120H114N10O4. The highest BCUT2D eigenvalue weighted by Gasteiger charge is 2.41. The Morgan fingerprint density at radius 1 is 0.231 bits per heavy atom. The number of carbonyl (C=O) groups is 4. The average Bonchev–Trinajstić information content (AvgIpc) is 0.751. The van der Waals surface area contributed by atoms with Crippen molar-refractivity contribution in [2.45, 2.75) is 209 Å². The Balaban J connectivity index is 0.798. The number of nitrogens with one attached hydrogen (secondary N) is 4. The van der Waals surface area contributed by atoms with Gasteiger partial charge in [0.2, 0.25) is 0 Å². The first-order valence-electron chi connectivity index (χ1n) is 49.4. The molecule has 0 aliphatic carbocycles. The van der Waals surface area contributed by atoms with Gasteiger partial charge in [-0.05, 0) is 302 Å². The second-order valence-corrected chi connectivity index (χ2v) is 37.6. The number of aromatic amines is 4. The highest BCUT2D eigenvalue weighted by atomic mass is 16.2. The molecule has 0 unspecified atom stereocenters. The Bertz CT molecular complexity index is 7320. The summed E-state index contributed by atoms with van der Waals surface area (Å²) in [5, 5.41) is 5.61. The number of benzene rings is 9. The summed E-state index contributed by atoms with van der Waals surface area (Å²) in [4.78, 5) is 105. The molecule has 15 aromatic rings. The SMILES string of the molecule is CCCCCc1c2nc(c(CCCCC)c3ccc([nH]3)c(-c3ccc(-c4cc5c6c(ccc7c8c(-c9ccc(-c%10c%11nc(c(CCCCC)c%12ccc([nH]%12)c(CCCCC)c%12nc(c(CCCCC)c%13ccc%10[nH]%13)C=C%12)C=C%11)cc9)cc9c%10c(ccc(c4c67)c%108)C(=O)N(c4ccc(C)cc4)C9=O)C(=O)N(c4ccc(C)cc4)C5=O)cc3)c3nc(c(CCCCC)c4ccc1[nH]4)C=C3)C=C2. The Morgan fingerprint density at radius 3 is 0.761 bits per heavy atom. The van der Waals surface area contributed by atoms with Crippen LogP contribution in [0.15, 0.2) is 182 Å². The lowest BCUT2D eigenvalue weighted by Crippen LogP contribution is -2.40. The summed E-state index contributed by atoms with van der Waals surface area (Å²) in [7, 11) is 0. The van der Waals surface area contributed by atoms with E-state index < -0.39 is 23.6 Å². The summed E-state index contributed by atoms with van der Waals surface area (Å²) in [6, 6.07) is 62.2. The van der Waals surface area contributed by atoms with Crippen molar-refractivity contribution < 1.29 is 19.2 Å². The quantitative estimate of drug-likeness (QED) is 0.0148. The minimum atomic E-state index is -0.445. The van der Waals surface area contributed by atoms with Gasteiger partial charge in [0.15, 0.2) is 0 Å². The number of carbonyl (C=O) groups excluding carboxylic acids is 4. The van der Waals surface area contributed by atoms with E-state index in [0.29, 0.717) is 44.4 Å². The second kappa shape index (κ2) is 36.7. The summed E-state index contributed by atoms with van der Waals surface area (Å²) in [6.07, 6.45) is 42.3. The lowest BCUT2D eigenvalue weighted by atomic mass is 9.77. The summed E-state index contributed by atoms with van der Waals surface area (Å²) < 4.78 is 0. The van der Waals surface area contributed by atoms with Crippen LogP contribution in [0.2, 0.25) is 0 Å². The van der Waals surface area contributed by atoms with Crippen molar-refractivity contribution in [1.82, 2.24) is 39.9 Å². The molecule has 134 heavy (non-hydrogen) atoms. The van der Waals surface area contributed by atoms with E-state index in [-0.39, 0.29) is 0 Å². The molecule has 0 atom stereocenters. The van der Waals surface area contributed by atoms with Gasteiger partial charge >= 0.3 is 0 Å². The van der Waals surface area contributed by atoms with Crippen LogP contribution in [0.1, 0.15) is 289 Å². The number of fused-ring (bicyclic) bond motifs is 18. The lowest BCUT2D eigenvalue weighted by Gasteiger charge is -2.32. The summed E-state index contributed by atoms with van der Waals surface area (Å²) in [6.45, 7) is 17.5. The number of nitrogens with zero attached hydrogens (tertiary/aromatic N) is 6. The monoisotopic (exact) mass is 1760 g/mol. The Labute approximate surface area is 783 Å². The molecule has 14 heteroatoms. The van der Waals surface area contributed by atoms with Crippen molar-refractivity contribution in [3.8, 4) is 44.5 Å². The minimum absolute atomic E-state index is 0.375. The Kier molecular flexibility index (Phi) is 23.7. The number of anilines is 2. The average molecular weight is 1760 g/mol. The number of aromatic nitrogens is 8. The van der Waals surface area contributed by atoms with Gasteiger partial charge in [-0.15, -0.1) is 0 Å². The molecule has 4 N–H and O–H groups in total. The number of rotatable bonds is 30. The summed E-state index contributed by atoms with van der Waals surface area (Å²) in [5.41, 5.74) is 34.1. The first kappa shape index (κ1) is 86.5. The van der Waals surface area contributed by atoms with E-state index >= 15 is 19.2 Å². The molecule has 6 aromatic heterocycles. The highest BCUT2D eigenvalue weighted by Crippen LogP contribution is 2.54. The summed E-state index contributed by atoms with van der Waals surface area (Å²) >= 11 is 0. The van der Waals surface area contributed by atoms with Crippen LogP contribution in [-0.2, 0) is 38.5 Å². The topological polar surface area (TPSA) is 189 Å². The molecule has 0 fully saturated rings. The fourth-order valence-electron chi connectivity index (χ4n) is 21.7. The van der Waals surface area contributed by atoms with Crippen molar-refractivity contribution in [2.24, 2.45) is 0 Å². The third kappa shape index (κ3) is 15.5. The van der Waals surface area contributed by atoms with E-state index in [9.17, 15) is 0 Å². The van der Waals surface area contributed by atoms with Crippen LogP contribution in [0.4, 0.5) is 11.4 Å². The van der Waals surface area contributed by atoms with Crippen molar-refractivity contribution in [3.05, 3.63) is 294 Å². The van der Waals surface area contributed by atoms with Crippen molar-refractivity contribution in [2.75, 3.05) is 9.80 Å². The van der Waals surface area contributed by atoms with E-state index in [0.717, 1.165) is 332 Å². The van der Waals surface area contributed by atoms with Gasteiger partial charge in [-0.2, -0.15) is 0 Å². The molecule has 14 nitrogen and oxygen atoms in total. The van der Waals surface area contributed by atoms with Gasteiger partial charge in [-0.3, -0.25) is 19.2 Å². The van der Waals surface area contributed by atoms with Gasteiger partial charge in [0.1, 0.15) is 0 Å². The van der Waals surface area contributed by atoms with Crippen molar-refractivity contribution >= 4 is 171 Å². The van der Waals surface area contributed by atoms with Crippen molar-refractivity contribution in [3.63, 3.8) is 0 Å². The number of amides is 4. The Hall–Kier alpha value is -14.2. The van der Waals surface area contributed by atoms with Crippen LogP contribution in [0, 0.1) is 13.8 Å².